The van der Waals surface area contributed by atoms with Crippen LogP contribution in [0, 0.1) is 5.92 Å². The molecule has 0 saturated carbocycles. The van der Waals surface area contributed by atoms with Gasteiger partial charge in [0, 0.05) is 12.5 Å². The van der Waals surface area contributed by atoms with Crippen molar-refractivity contribution < 1.29 is 19.4 Å². The van der Waals surface area contributed by atoms with Crippen LogP contribution in [0.15, 0.2) is 0 Å². The summed E-state index contributed by atoms with van der Waals surface area (Å²) in [5, 5.41) is 11.9. The molecule has 172 valence electrons. The van der Waals surface area contributed by atoms with Crippen molar-refractivity contribution in [3.63, 3.8) is 0 Å². The number of rotatable bonds is 19. The third-order valence-corrected chi connectivity index (χ3v) is 5.87. The molecule has 1 fully saturated rings. The lowest BCUT2D eigenvalue weighted by Gasteiger charge is -2.10. The number of unbranched alkanes of at least 4 members (excludes halogenated alkanes) is 14. The number of amides is 1. The van der Waals surface area contributed by atoms with Gasteiger partial charge in [0.25, 0.3) is 0 Å². The first-order chi connectivity index (χ1) is 14.3. The number of aliphatic hydroxyl groups is 1. The molecule has 1 aliphatic rings. The fraction of sp³-hybridized carbons (Fsp3) is 0.958. The summed E-state index contributed by atoms with van der Waals surface area (Å²) in [6.45, 7) is 3.95. The molecule has 0 spiro atoms. The van der Waals surface area contributed by atoms with E-state index in [2.05, 4.69) is 12.2 Å². The van der Waals surface area contributed by atoms with Crippen LogP contribution in [0.2, 0.25) is 0 Å². The Morgan fingerprint density at radius 1 is 0.897 bits per heavy atom. The summed E-state index contributed by atoms with van der Waals surface area (Å²) in [6, 6.07) is 0. The smallest absolute Gasteiger partial charge is 0.407 e. The first-order valence-corrected chi connectivity index (χ1v) is 12.4. The molecule has 0 aliphatic carbocycles. The van der Waals surface area contributed by atoms with Crippen molar-refractivity contribution >= 4 is 6.09 Å². The van der Waals surface area contributed by atoms with Crippen LogP contribution in [-0.2, 0) is 9.47 Å². The van der Waals surface area contributed by atoms with Gasteiger partial charge in [0.05, 0.1) is 25.9 Å². The molecular weight excluding hydrogens is 366 g/mol. The Kier molecular flexibility index (Phi) is 17.3. The van der Waals surface area contributed by atoms with E-state index >= 15 is 0 Å². The maximum atomic E-state index is 11.7. The Morgan fingerprint density at radius 2 is 1.41 bits per heavy atom. The number of hydrogen-bond acceptors (Lipinski definition) is 4. The zero-order valence-electron chi connectivity index (χ0n) is 19.0. The number of aliphatic hydroxyl groups excluding tert-OH is 1. The third-order valence-electron chi connectivity index (χ3n) is 5.87. The summed E-state index contributed by atoms with van der Waals surface area (Å²) < 4.78 is 10.6. The Hall–Kier alpha value is -0.810. The molecular formula is C24H47NO4. The van der Waals surface area contributed by atoms with E-state index in [0.29, 0.717) is 19.8 Å². The van der Waals surface area contributed by atoms with Crippen molar-refractivity contribution in [3.8, 4) is 0 Å². The van der Waals surface area contributed by atoms with Crippen molar-refractivity contribution in [1.29, 1.82) is 0 Å². The molecule has 1 rings (SSSR count). The van der Waals surface area contributed by atoms with Crippen molar-refractivity contribution in [1.82, 2.24) is 5.32 Å². The Balaban J connectivity index is 1.74. The van der Waals surface area contributed by atoms with Crippen LogP contribution in [0.1, 0.15) is 110 Å². The normalized spacial score (nSPS) is 18.8. The Bertz CT molecular complexity index is 378. The van der Waals surface area contributed by atoms with Crippen molar-refractivity contribution in [2.75, 3.05) is 26.4 Å². The molecule has 1 aliphatic heterocycles. The molecule has 2 N–H and O–H groups in total. The lowest BCUT2D eigenvalue weighted by molar-refractivity contribution is 0.0547. The minimum Gasteiger partial charge on any atom is -0.449 e. The van der Waals surface area contributed by atoms with Gasteiger partial charge in [0.2, 0.25) is 0 Å². The van der Waals surface area contributed by atoms with E-state index in [-0.39, 0.29) is 24.7 Å². The Morgan fingerprint density at radius 3 is 1.90 bits per heavy atom. The molecule has 5 nitrogen and oxygen atoms in total. The first-order valence-electron chi connectivity index (χ1n) is 12.4. The second kappa shape index (κ2) is 19.2. The summed E-state index contributed by atoms with van der Waals surface area (Å²) in [4.78, 5) is 11.7. The first kappa shape index (κ1) is 26.2. The number of hydrogen-bond donors (Lipinski definition) is 2. The standard InChI is InChI=1S/C24H47NO4/c1-2-3-4-5-6-7-8-9-10-11-12-13-14-15-16-17-25-24(27)29-21-22-18-23(19-26)28-20-22/h22-23,26H,2-21H2,1H3,(H,25,27). The molecule has 0 aromatic heterocycles. The highest BCUT2D eigenvalue weighted by molar-refractivity contribution is 5.67. The zero-order chi connectivity index (χ0) is 21.0. The summed E-state index contributed by atoms with van der Waals surface area (Å²) in [5.41, 5.74) is 0. The average Bonchev–Trinajstić information content (AvgIpc) is 3.20. The molecule has 2 unspecified atom stereocenters. The zero-order valence-corrected chi connectivity index (χ0v) is 19.0. The van der Waals surface area contributed by atoms with Crippen LogP contribution in [-0.4, -0.2) is 43.7 Å². The van der Waals surface area contributed by atoms with Gasteiger partial charge in [-0.3, -0.25) is 0 Å². The molecule has 29 heavy (non-hydrogen) atoms. The highest BCUT2D eigenvalue weighted by atomic mass is 16.6. The molecule has 5 heteroatoms. The van der Waals surface area contributed by atoms with Gasteiger partial charge in [-0.25, -0.2) is 4.79 Å². The second-order valence-corrected chi connectivity index (χ2v) is 8.71. The minimum absolute atomic E-state index is 0.0435. The van der Waals surface area contributed by atoms with Crippen LogP contribution in [0.4, 0.5) is 4.79 Å². The molecule has 2 atom stereocenters. The average molecular weight is 414 g/mol. The van der Waals surface area contributed by atoms with Crippen LogP contribution < -0.4 is 5.32 Å². The van der Waals surface area contributed by atoms with Crippen molar-refractivity contribution in [3.05, 3.63) is 0 Å². The van der Waals surface area contributed by atoms with Gasteiger partial charge >= 0.3 is 6.09 Å². The fourth-order valence-electron chi connectivity index (χ4n) is 3.95. The quantitative estimate of drug-likeness (QED) is 0.256. The molecule has 1 saturated heterocycles. The number of carbonyl (C=O) groups excluding carboxylic acids is 1. The molecule has 0 bridgehead atoms. The fourth-order valence-corrected chi connectivity index (χ4v) is 3.95. The molecule has 1 amide bonds. The van der Waals surface area contributed by atoms with Gasteiger partial charge in [0.1, 0.15) is 0 Å². The summed E-state index contributed by atoms with van der Waals surface area (Å²) in [5.74, 6) is 0.212. The minimum atomic E-state index is -0.331. The van der Waals surface area contributed by atoms with Crippen LogP contribution in [0.25, 0.3) is 0 Å². The SMILES string of the molecule is CCCCCCCCCCCCCCCCCNC(=O)OCC1COC(CO)C1. The van der Waals surface area contributed by atoms with Crippen LogP contribution >= 0.6 is 0 Å². The van der Waals surface area contributed by atoms with Crippen molar-refractivity contribution in [2.45, 2.75) is 116 Å². The largest absolute Gasteiger partial charge is 0.449 e. The van der Waals surface area contributed by atoms with Gasteiger partial charge in [-0.2, -0.15) is 0 Å². The number of carbonyl (C=O) groups is 1. The van der Waals surface area contributed by atoms with Gasteiger partial charge < -0.3 is 19.9 Å². The molecule has 0 aromatic carbocycles. The number of ether oxygens (including phenoxy) is 2. The number of alkyl carbamates (subject to hydrolysis) is 1. The predicted molar refractivity (Wildman–Crippen MR) is 119 cm³/mol. The van der Waals surface area contributed by atoms with E-state index in [1.54, 1.807) is 0 Å². The molecule has 1 heterocycles. The van der Waals surface area contributed by atoms with E-state index in [4.69, 9.17) is 14.6 Å². The van der Waals surface area contributed by atoms with E-state index in [0.717, 1.165) is 12.8 Å². The van der Waals surface area contributed by atoms with E-state index in [1.807, 2.05) is 0 Å². The maximum absolute atomic E-state index is 11.7. The van der Waals surface area contributed by atoms with Crippen LogP contribution in [0.3, 0.4) is 0 Å². The maximum Gasteiger partial charge on any atom is 0.407 e. The van der Waals surface area contributed by atoms with Crippen LogP contribution in [0.5, 0.6) is 0 Å². The topological polar surface area (TPSA) is 67.8 Å². The summed E-state index contributed by atoms with van der Waals surface area (Å²) >= 11 is 0. The van der Waals surface area contributed by atoms with E-state index in [9.17, 15) is 4.79 Å². The van der Waals surface area contributed by atoms with E-state index < -0.39 is 0 Å². The lowest BCUT2D eigenvalue weighted by atomic mass is 10.0. The number of nitrogens with one attached hydrogen (secondary N) is 1. The highest BCUT2D eigenvalue weighted by Crippen LogP contribution is 2.19. The monoisotopic (exact) mass is 413 g/mol. The Labute approximate surface area is 179 Å². The van der Waals surface area contributed by atoms with Gasteiger partial charge in [-0.1, -0.05) is 96.8 Å². The van der Waals surface area contributed by atoms with E-state index in [1.165, 1.54) is 89.9 Å². The lowest BCUT2D eigenvalue weighted by Crippen LogP contribution is -2.27. The predicted octanol–water partition coefficient (Wildman–Crippen LogP) is 5.98. The van der Waals surface area contributed by atoms with Gasteiger partial charge in [0.15, 0.2) is 0 Å². The molecule has 0 radical (unpaired) electrons. The summed E-state index contributed by atoms with van der Waals surface area (Å²) in [7, 11) is 0. The van der Waals surface area contributed by atoms with Gasteiger partial charge in [-0.05, 0) is 12.8 Å². The highest BCUT2D eigenvalue weighted by Gasteiger charge is 2.25. The summed E-state index contributed by atoms with van der Waals surface area (Å²) in [6.07, 6.45) is 20.5. The third kappa shape index (κ3) is 15.7. The molecule has 0 aromatic rings. The second-order valence-electron chi connectivity index (χ2n) is 8.71. The van der Waals surface area contributed by atoms with Crippen molar-refractivity contribution in [2.24, 2.45) is 5.92 Å². The van der Waals surface area contributed by atoms with Gasteiger partial charge in [-0.15, -0.1) is 0 Å².